The van der Waals surface area contributed by atoms with Gasteiger partial charge in [-0.05, 0) is 19.9 Å². The lowest BCUT2D eigenvalue weighted by molar-refractivity contribution is 0.0663. The Kier molecular flexibility index (Phi) is 2.81. The molecule has 0 unspecified atom stereocenters. The number of furan rings is 1. The topological polar surface area (TPSA) is 82.7 Å². The molecular weight excluding hydrogens is 186 g/mol. The maximum atomic E-state index is 10.5. The van der Waals surface area contributed by atoms with Crippen LogP contribution in [0.15, 0.2) is 16.5 Å². The first-order chi connectivity index (χ1) is 6.44. The second-order valence-corrected chi connectivity index (χ2v) is 3.64. The third-order valence-electron chi connectivity index (χ3n) is 1.67. The van der Waals surface area contributed by atoms with E-state index in [1.807, 2.05) is 0 Å². The predicted molar refractivity (Wildman–Crippen MR) is 50.5 cm³/mol. The third-order valence-corrected chi connectivity index (χ3v) is 1.67. The maximum absolute atomic E-state index is 10.5. The van der Waals surface area contributed by atoms with Gasteiger partial charge in [0, 0.05) is 6.07 Å². The van der Waals surface area contributed by atoms with Gasteiger partial charge in [0.05, 0.1) is 12.1 Å². The maximum Gasteiger partial charge on any atom is 0.371 e. The number of carboxylic acids is 1. The molecule has 0 radical (unpaired) electrons. The highest BCUT2D eigenvalue weighted by Gasteiger charge is 2.18. The molecule has 0 spiro atoms. The number of anilines is 1. The van der Waals surface area contributed by atoms with E-state index in [1.54, 1.807) is 13.8 Å². The van der Waals surface area contributed by atoms with E-state index in [9.17, 15) is 4.79 Å². The highest BCUT2D eigenvalue weighted by atomic mass is 16.4. The van der Waals surface area contributed by atoms with E-state index in [2.05, 4.69) is 5.32 Å². The van der Waals surface area contributed by atoms with E-state index in [0.717, 1.165) is 0 Å². The minimum Gasteiger partial charge on any atom is -0.475 e. The second-order valence-electron chi connectivity index (χ2n) is 3.64. The summed E-state index contributed by atoms with van der Waals surface area (Å²) >= 11 is 0. The van der Waals surface area contributed by atoms with E-state index in [0.29, 0.717) is 5.88 Å². The van der Waals surface area contributed by atoms with Crippen molar-refractivity contribution in [2.24, 2.45) is 0 Å². The molecule has 3 N–H and O–H groups in total. The summed E-state index contributed by atoms with van der Waals surface area (Å²) in [6, 6.07) is 2.87. The molecule has 0 aromatic carbocycles. The fourth-order valence-electron chi connectivity index (χ4n) is 0.893. The number of aromatic carboxylic acids is 1. The molecule has 5 heteroatoms. The van der Waals surface area contributed by atoms with Crippen LogP contribution in [0.3, 0.4) is 0 Å². The fourth-order valence-corrected chi connectivity index (χ4v) is 0.893. The number of carbonyl (C=O) groups is 1. The van der Waals surface area contributed by atoms with E-state index >= 15 is 0 Å². The van der Waals surface area contributed by atoms with Gasteiger partial charge in [0.15, 0.2) is 5.88 Å². The molecule has 14 heavy (non-hydrogen) atoms. The highest BCUT2D eigenvalue weighted by Crippen LogP contribution is 2.17. The zero-order chi connectivity index (χ0) is 10.8. The first kappa shape index (κ1) is 10.6. The van der Waals surface area contributed by atoms with Gasteiger partial charge >= 0.3 is 5.97 Å². The minimum atomic E-state index is -1.11. The number of hydrogen-bond acceptors (Lipinski definition) is 4. The number of hydrogen-bond donors (Lipinski definition) is 3. The summed E-state index contributed by atoms with van der Waals surface area (Å²) in [4.78, 5) is 10.5. The van der Waals surface area contributed by atoms with Crippen LogP contribution in [0.1, 0.15) is 24.4 Å². The molecule has 0 fully saturated rings. The number of nitrogens with one attached hydrogen (secondary N) is 1. The number of aliphatic hydroxyl groups excluding tert-OH is 1. The Morgan fingerprint density at radius 3 is 2.64 bits per heavy atom. The Hall–Kier alpha value is -1.49. The van der Waals surface area contributed by atoms with E-state index < -0.39 is 11.5 Å². The molecule has 0 amide bonds. The van der Waals surface area contributed by atoms with Crippen LogP contribution >= 0.6 is 0 Å². The first-order valence-electron chi connectivity index (χ1n) is 4.17. The third kappa shape index (κ3) is 2.50. The molecular formula is C9H13NO4. The lowest BCUT2D eigenvalue weighted by atomic mass is 10.1. The first-order valence-corrected chi connectivity index (χ1v) is 4.17. The van der Waals surface area contributed by atoms with Crippen molar-refractivity contribution in [3.05, 3.63) is 17.9 Å². The Morgan fingerprint density at radius 1 is 1.57 bits per heavy atom. The summed E-state index contributed by atoms with van der Waals surface area (Å²) in [5.74, 6) is -0.900. The van der Waals surface area contributed by atoms with Crippen molar-refractivity contribution in [3.63, 3.8) is 0 Å². The van der Waals surface area contributed by atoms with Crippen molar-refractivity contribution in [3.8, 4) is 0 Å². The Balaban J connectivity index is 2.73. The van der Waals surface area contributed by atoms with Gasteiger partial charge in [0.25, 0.3) is 0 Å². The van der Waals surface area contributed by atoms with Crippen LogP contribution in [0.25, 0.3) is 0 Å². The zero-order valence-electron chi connectivity index (χ0n) is 8.07. The summed E-state index contributed by atoms with van der Waals surface area (Å²) < 4.78 is 4.96. The number of aliphatic hydroxyl groups is 1. The van der Waals surface area contributed by atoms with Gasteiger partial charge in [-0.2, -0.15) is 0 Å². The average molecular weight is 199 g/mol. The fraction of sp³-hybridized carbons (Fsp3) is 0.444. The molecule has 1 heterocycles. The van der Waals surface area contributed by atoms with Crippen molar-refractivity contribution in [1.29, 1.82) is 0 Å². The van der Waals surface area contributed by atoms with E-state index in [-0.39, 0.29) is 12.4 Å². The molecule has 0 aliphatic rings. The van der Waals surface area contributed by atoms with E-state index in [1.165, 1.54) is 12.1 Å². The lowest BCUT2D eigenvalue weighted by Crippen LogP contribution is -2.34. The van der Waals surface area contributed by atoms with Crippen LogP contribution in [0, 0.1) is 0 Å². The SMILES string of the molecule is CC(C)(CO)Nc1ccc(C(=O)O)o1. The summed E-state index contributed by atoms with van der Waals surface area (Å²) in [5.41, 5.74) is -0.534. The molecule has 1 rings (SSSR count). The Bertz CT molecular complexity index is 329. The van der Waals surface area contributed by atoms with Gasteiger partial charge in [0.2, 0.25) is 5.76 Å². The van der Waals surface area contributed by atoms with Crippen LogP contribution in [0.5, 0.6) is 0 Å². The van der Waals surface area contributed by atoms with Gasteiger partial charge in [-0.15, -0.1) is 0 Å². The van der Waals surface area contributed by atoms with Crippen molar-refractivity contribution in [2.45, 2.75) is 19.4 Å². The molecule has 78 valence electrons. The molecule has 0 saturated carbocycles. The predicted octanol–water partition coefficient (Wildman–Crippen LogP) is 1.16. The molecule has 5 nitrogen and oxygen atoms in total. The van der Waals surface area contributed by atoms with Crippen molar-refractivity contribution < 1.29 is 19.4 Å². The Labute approximate surface area is 81.4 Å². The minimum absolute atomic E-state index is 0.0733. The van der Waals surface area contributed by atoms with Crippen LogP contribution in [0.4, 0.5) is 5.88 Å². The normalized spacial score (nSPS) is 11.4. The van der Waals surface area contributed by atoms with Gasteiger partial charge in [-0.3, -0.25) is 0 Å². The van der Waals surface area contributed by atoms with Crippen molar-refractivity contribution >= 4 is 11.9 Å². The molecule has 0 bridgehead atoms. The molecule has 0 aliphatic carbocycles. The van der Waals surface area contributed by atoms with Gasteiger partial charge in [-0.1, -0.05) is 0 Å². The van der Waals surface area contributed by atoms with Gasteiger partial charge in [0.1, 0.15) is 0 Å². The number of carboxylic acid groups (broad SMARTS) is 1. The smallest absolute Gasteiger partial charge is 0.371 e. The summed E-state index contributed by atoms with van der Waals surface area (Å²) in [7, 11) is 0. The Morgan fingerprint density at radius 2 is 2.21 bits per heavy atom. The van der Waals surface area contributed by atoms with Crippen LogP contribution in [-0.4, -0.2) is 28.3 Å². The molecule has 0 aliphatic heterocycles. The summed E-state index contributed by atoms with van der Waals surface area (Å²) in [6.45, 7) is 3.47. The lowest BCUT2D eigenvalue weighted by Gasteiger charge is -2.22. The molecule has 1 aromatic heterocycles. The number of rotatable bonds is 4. The monoisotopic (exact) mass is 199 g/mol. The van der Waals surface area contributed by atoms with Gasteiger partial charge < -0.3 is 19.9 Å². The second kappa shape index (κ2) is 3.71. The summed E-state index contributed by atoms with van der Waals surface area (Å²) in [5, 5.41) is 20.4. The average Bonchev–Trinajstić information content (AvgIpc) is 2.52. The molecule has 1 aromatic rings. The van der Waals surface area contributed by atoms with E-state index in [4.69, 9.17) is 14.6 Å². The standard InChI is InChI=1S/C9H13NO4/c1-9(2,5-11)10-7-4-3-6(14-7)8(12)13/h3-4,10-11H,5H2,1-2H3,(H,12,13). The largest absolute Gasteiger partial charge is 0.475 e. The van der Waals surface area contributed by atoms with Crippen LogP contribution in [0.2, 0.25) is 0 Å². The van der Waals surface area contributed by atoms with Gasteiger partial charge in [-0.25, -0.2) is 4.79 Å². The highest BCUT2D eigenvalue weighted by molar-refractivity contribution is 5.84. The quantitative estimate of drug-likeness (QED) is 0.677. The van der Waals surface area contributed by atoms with Crippen molar-refractivity contribution in [2.75, 3.05) is 11.9 Å². The van der Waals surface area contributed by atoms with Crippen LogP contribution < -0.4 is 5.32 Å². The van der Waals surface area contributed by atoms with Crippen molar-refractivity contribution in [1.82, 2.24) is 0 Å². The molecule has 0 atom stereocenters. The zero-order valence-corrected chi connectivity index (χ0v) is 8.07. The summed E-state index contributed by atoms with van der Waals surface area (Å²) in [6.07, 6.45) is 0. The molecule has 0 saturated heterocycles. The van der Waals surface area contributed by atoms with Crippen LogP contribution in [-0.2, 0) is 0 Å².